The average Bonchev–Trinajstić information content (AvgIpc) is 3.20. The number of hydrogen-bond donors (Lipinski definition) is 2. The minimum atomic E-state index is -0.989. The van der Waals surface area contributed by atoms with Crippen LogP contribution in [0.2, 0.25) is 4.34 Å². The molecule has 10 heteroatoms. The molecule has 0 fully saturated rings. The average molecular weight is 534 g/mol. The first kappa shape index (κ1) is 27.8. The number of carbonyl (C=O) groups excluding carboxylic acids is 3. The summed E-state index contributed by atoms with van der Waals surface area (Å²) in [5.41, 5.74) is 3.42. The molecule has 2 N–H and O–H groups in total. The number of Topliss-reactive ketones (excluding diaryl/α,β-unsaturated/α-hetero) is 1. The van der Waals surface area contributed by atoms with Gasteiger partial charge in [-0.3, -0.25) is 19.2 Å². The number of benzene rings is 1. The smallest absolute Gasteiger partial charge is 0.305 e. The maximum absolute atomic E-state index is 13.3. The van der Waals surface area contributed by atoms with Crippen LogP contribution in [0.1, 0.15) is 45.6 Å². The number of thiophene rings is 1. The summed E-state index contributed by atoms with van der Waals surface area (Å²) in [6.45, 7) is 2.04. The molecule has 0 bridgehead atoms. The van der Waals surface area contributed by atoms with Crippen molar-refractivity contribution in [3.8, 4) is 0 Å². The molecule has 0 radical (unpaired) electrons. The fourth-order valence-corrected chi connectivity index (χ4v) is 5.10. The Kier molecular flexibility index (Phi) is 10.0. The Morgan fingerprint density at radius 2 is 1.83 bits per heavy atom. The van der Waals surface area contributed by atoms with E-state index in [1.807, 2.05) is 6.07 Å². The summed E-state index contributed by atoms with van der Waals surface area (Å²) >= 11 is 7.07. The molecule has 8 nitrogen and oxygen atoms in total. The van der Waals surface area contributed by atoms with Gasteiger partial charge in [-0.25, -0.2) is 0 Å². The lowest BCUT2D eigenvalue weighted by Gasteiger charge is -2.20. The van der Waals surface area contributed by atoms with E-state index in [4.69, 9.17) is 16.7 Å². The highest BCUT2D eigenvalue weighted by atomic mass is 35.5. The van der Waals surface area contributed by atoms with E-state index < -0.39 is 17.9 Å². The van der Waals surface area contributed by atoms with Gasteiger partial charge in [0.1, 0.15) is 0 Å². The van der Waals surface area contributed by atoms with Gasteiger partial charge in [0.05, 0.1) is 21.7 Å². The molecule has 1 aliphatic heterocycles. The number of aliphatic carboxylic acids is 1. The summed E-state index contributed by atoms with van der Waals surface area (Å²) in [7, 11) is 3.63. The Hall–Kier alpha value is -2.75. The maximum atomic E-state index is 13.3. The van der Waals surface area contributed by atoms with Crippen molar-refractivity contribution in [1.29, 1.82) is 0 Å². The lowest BCUT2D eigenvalue weighted by Crippen LogP contribution is -2.42. The number of hydrogen-bond acceptors (Lipinski definition) is 6. The molecule has 3 rings (SSSR count). The van der Waals surface area contributed by atoms with Gasteiger partial charge >= 0.3 is 5.97 Å². The molecular weight excluding hydrogens is 502 g/mol. The van der Waals surface area contributed by atoms with Crippen molar-refractivity contribution in [2.45, 2.75) is 44.6 Å². The minimum absolute atomic E-state index is 0.00846. The van der Waals surface area contributed by atoms with Crippen LogP contribution in [0.4, 0.5) is 0 Å². The summed E-state index contributed by atoms with van der Waals surface area (Å²) in [4.78, 5) is 53.4. The second-order valence-electron chi connectivity index (χ2n) is 9.18. The van der Waals surface area contributed by atoms with Gasteiger partial charge in [0.15, 0.2) is 5.78 Å². The zero-order chi connectivity index (χ0) is 26.2. The van der Waals surface area contributed by atoms with Crippen LogP contribution in [0, 0.1) is 0 Å². The Balaban J connectivity index is 1.70. The van der Waals surface area contributed by atoms with E-state index in [9.17, 15) is 19.2 Å². The topological polar surface area (TPSA) is 107 Å². The molecular formula is C26H32ClN3O5S. The van der Waals surface area contributed by atoms with Crippen LogP contribution < -0.4 is 5.32 Å². The normalized spacial score (nSPS) is 14.4. The standard InChI is InChI=1S/C26H32ClN3O5S/c1-29-12-9-18-4-3-17(15-19(18)10-13-29)16-21(31)20(28-26(35)22-6-7-23(27)36-22)5-8-24(32)30(2)14-11-25(33)34/h3-4,6-7,15,20H,5,8-14,16H2,1-2H3,(H,28,35)(H,33,34)/t20-/m1/s1. The van der Waals surface area contributed by atoms with Crippen LogP contribution in [0.3, 0.4) is 0 Å². The Morgan fingerprint density at radius 1 is 1.11 bits per heavy atom. The SMILES string of the molecule is CN1CCc2ccc(CC(=O)[C@@H](CCC(=O)N(C)CCC(=O)O)NC(=O)c3ccc(Cl)s3)cc2CC1. The summed E-state index contributed by atoms with van der Waals surface area (Å²) in [5.74, 6) is -1.87. The van der Waals surface area contributed by atoms with Gasteiger partial charge in [0.2, 0.25) is 5.91 Å². The number of carboxylic acids is 1. The Labute approximate surface area is 220 Å². The minimum Gasteiger partial charge on any atom is -0.481 e. The van der Waals surface area contributed by atoms with Crippen LogP contribution in [-0.4, -0.2) is 78.2 Å². The molecule has 36 heavy (non-hydrogen) atoms. The van der Waals surface area contributed by atoms with Crippen LogP contribution in [0.15, 0.2) is 30.3 Å². The van der Waals surface area contributed by atoms with E-state index in [0.717, 1.165) is 42.8 Å². The highest BCUT2D eigenvalue weighted by molar-refractivity contribution is 7.18. The van der Waals surface area contributed by atoms with Gasteiger partial charge < -0.3 is 20.2 Å². The number of carboxylic acid groups (broad SMARTS) is 1. The van der Waals surface area contributed by atoms with Crippen molar-refractivity contribution in [3.05, 3.63) is 56.2 Å². The molecule has 1 aliphatic rings. The van der Waals surface area contributed by atoms with E-state index in [0.29, 0.717) is 9.21 Å². The van der Waals surface area contributed by atoms with Crippen LogP contribution in [0.5, 0.6) is 0 Å². The zero-order valence-corrected chi connectivity index (χ0v) is 22.2. The van der Waals surface area contributed by atoms with E-state index >= 15 is 0 Å². The number of carbonyl (C=O) groups is 4. The third-order valence-corrected chi connectivity index (χ3v) is 7.63. The predicted octanol–water partition coefficient (Wildman–Crippen LogP) is 3.06. The quantitative estimate of drug-likeness (QED) is 0.460. The maximum Gasteiger partial charge on any atom is 0.305 e. The molecule has 2 heterocycles. The lowest BCUT2D eigenvalue weighted by molar-refractivity contribution is -0.138. The molecule has 1 atom stereocenters. The largest absolute Gasteiger partial charge is 0.481 e. The van der Waals surface area contributed by atoms with Crippen molar-refractivity contribution in [2.24, 2.45) is 0 Å². The summed E-state index contributed by atoms with van der Waals surface area (Å²) < 4.78 is 0.467. The number of amides is 2. The second kappa shape index (κ2) is 13.0. The molecule has 2 aromatic rings. The molecule has 1 aromatic carbocycles. The number of rotatable bonds is 11. The molecule has 194 valence electrons. The first-order valence-electron chi connectivity index (χ1n) is 12.0. The summed E-state index contributed by atoms with van der Waals surface area (Å²) in [6, 6.07) is 8.48. The number of nitrogens with zero attached hydrogens (tertiary/aromatic N) is 2. The van der Waals surface area contributed by atoms with Gasteiger partial charge in [-0.2, -0.15) is 0 Å². The molecule has 0 aliphatic carbocycles. The lowest BCUT2D eigenvalue weighted by atomic mass is 9.95. The first-order chi connectivity index (χ1) is 17.1. The monoisotopic (exact) mass is 533 g/mol. The first-order valence-corrected chi connectivity index (χ1v) is 13.2. The van der Waals surface area contributed by atoms with E-state index in [2.05, 4.69) is 29.4 Å². The zero-order valence-electron chi connectivity index (χ0n) is 20.6. The Morgan fingerprint density at radius 3 is 2.50 bits per heavy atom. The number of fused-ring (bicyclic) bond motifs is 1. The summed E-state index contributed by atoms with van der Waals surface area (Å²) in [6.07, 6.45) is 2.01. The Bertz CT molecular complexity index is 1120. The highest BCUT2D eigenvalue weighted by Gasteiger charge is 2.24. The van der Waals surface area contributed by atoms with Crippen molar-refractivity contribution in [3.63, 3.8) is 0 Å². The van der Waals surface area contributed by atoms with Gasteiger partial charge in [0.25, 0.3) is 5.91 Å². The van der Waals surface area contributed by atoms with E-state index in [1.54, 1.807) is 12.1 Å². The molecule has 0 saturated carbocycles. The second-order valence-corrected chi connectivity index (χ2v) is 10.9. The van der Waals surface area contributed by atoms with Crippen molar-refractivity contribution < 1.29 is 24.3 Å². The van der Waals surface area contributed by atoms with E-state index in [1.165, 1.54) is 23.1 Å². The van der Waals surface area contributed by atoms with Gasteiger partial charge in [0, 0.05) is 39.5 Å². The number of ketones is 1. The third kappa shape index (κ3) is 8.15. The van der Waals surface area contributed by atoms with Gasteiger partial charge in [-0.05, 0) is 55.1 Å². The summed E-state index contributed by atoms with van der Waals surface area (Å²) in [5, 5.41) is 11.6. The van der Waals surface area contributed by atoms with Crippen LogP contribution in [0.25, 0.3) is 0 Å². The molecule has 1 aromatic heterocycles. The highest BCUT2D eigenvalue weighted by Crippen LogP contribution is 2.22. The van der Waals surface area contributed by atoms with E-state index in [-0.39, 0.29) is 43.9 Å². The molecule has 0 saturated heterocycles. The fourth-order valence-electron chi connectivity index (χ4n) is 4.15. The molecule has 0 unspecified atom stereocenters. The molecule has 0 spiro atoms. The van der Waals surface area contributed by atoms with Crippen molar-refractivity contribution in [1.82, 2.24) is 15.1 Å². The van der Waals surface area contributed by atoms with Crippen molar-refractivity contribution in [2.75, 3.05) is 33.7 Å². The number of nitrogens with one attached hydrogen (secondary N) is 1. The van der Waals surface area contributed by atoms with Crippen molar-refractivity contribution >= 4 is 46.5 Å². The fraction of sp³-hybridized carbons (Fsp3) is 0.462. The predicted molar refractivity (Wildman–Crippen MR) is 140 cm³/mol. The number of halogens is 1. The van der Waals surface area contributed by atoms with Crippen LogP contribution in [-0.2, 0) is 33.6 Å². The van der Waals surface area contributed by atoms with Gasteiger partial charge in [-0.15, -0.1) is 11.3 Å². The number of likely N-dealkylation sites (N-methyl/N-ethyl adjacent to an activating group) is 1. The third-order valence-electron chi connectivity index (χ3n) is 6.40. The van der Waals surface area contributed by atoms with Crippen LogP contribution >= 0.6 is 22.9 Å². The molecule has 2 amide bonds. The van der Waals surface area contributed by atoms with Gasteiger partial charge in [-0.1, -0.05) is 29.8 Å².